The van der Waals surface area contributed by atoms with E-state index in [1.807, 2.05) is 13.1 Å². The summed E-state index contributed by atoms with van der Waals surface area (Å²) >= 11 is 0. The van der Waals surface area contributed by atoms with Crippen molar-refractivity contribution < 1.29 is 9.47 Å². The molecule has 1 aromatic carbocycles. The molecule has 6 nitrogen and oxygen atoms in total. The van der Waals surface area contributed by atoms with Gasteiger partial charge >= 0.3 is 0 Å². The summed E-state index contributed by atoms with van der Waals surface area (Å²) in [6.45, 7) is 9.43. The normalized spacial score (nSPS) is 22.2. The Hall–Kier alpha value is -1.06. The molecule has 164 valence electrons. The number of benzene rings is 1. The first-order chi connectivity index (χ1) is 13.5. The maximum atomic E-state index is 6.14. The number of piperidine rings is 1. The van der Waals surface area contributed by atoms with Gasteiger partial charge in [0.1, 0.15) is 11.4 Å². The first kappa shape index (κ1) is 24.2. The molecule has 2 N–H and O–H groups in total. The Kier molecular flexibility index (Phi) is 9.49. The van der Waals surface area contributed by atoms with Crippen molar-refractivity contribution >= 4 is 29.9 Å². The summed E-state index contributed by atoms with van der Waals surface area (Å²) in [5, 5.41) is 7.18. The molecule has 0 saturated carbocycles. The minimum atomic E-state index is -0.195. The van der Waals surface area contributed by atoms with E-state index < -0.39 is 0 Å². The number of hydrogen-bond donors (Lipinski definition) is 2. The van der Waals surface area contributed by atoms with Crippen LogP contribution in [0.15, 0.2) is 29.3 Å². The maximum Gasteiger partial charge on any atom is 0.191 e. The summed E-state index contributed by atoms with van der Waals surface area (Å²) in [5.74, 6) is 2.53. The monoisotopic (exact) mass is 516 g/mol. The van der Waals surface area contributed by atoms with E-state index in [-0.39, 0.29) is 35.6 Å². The van der Waals surface area contributed by atoms with Gasteiger partial charge in [-0.1, -0.05) is 18.2 Å². The fraction of sp³-hybridized carbons (Fsp3) is 0.682. The topological polar surface area (TPSA) is 58.1 Å². The highest BCUT2D eigenvalue weighted by molar-refractivity contribution is 14.0. The predicted octanol–water partition coefficient (Wildman–Crippen LogP) is 3.43. The summed E-state index contributed by atoms with van der Waals surface area (Å²) < 4.78 is 11.3. The maximum absolute atomic E-state index is 6.14. The Morgan fingerprint density at radius 3 is 2.69 bits per heavy atom. The van der Waals surface area contributed by atoms with E-state index in [2.05, 4.69) is 52.6 Å². The highest BCUT2D eigenvalue weighted by Gasteiger charge is 2.34. The molecule has 1 fully saturated rings. The number of likely N-dealkylation sites (tertiary alicyclic amines) is 1. The molecule has 1 saturated heterocycles. The standard InChI is InChI=1S/C22H36N4O2.HI/c1-22(2)15-19(18-7-5-6-8-20(18)28-22)25-21(23-3)24-16-17-9-11-26(12-10-17)13-14-27-4;/h5-8,17,19H,9-16H2,1-4H3,(H2,23,24,25);1H. The summed E-state index contributed by atoms with van der Waals surface area (Å²) in [7, 11) is 3.62. The fourth-order valence-electron chi connectivity index (χ4n) is 4.17. The fourth-order valence-corrected chi connectivity index (χ4v) is 4.17. The van der Waals surface area contributed by atoms with E-state index in [0.717, 1.165) is 50.9 Å². The summed E-state index contributed by atoms with van der Waals surface area (Å²) in [5.41, 5.74) is 1.01. The second kappa shape index (κ2) is 11.4. The predicted molar refractivity (Wildman–Crippen MR) is 129 cm³/mol. The zero-order chi connectivity index (χ0) is 20.0. The SMILES string of the molecule is CN=C(NCC1CCN(CCOC)CC1)NC1CC(C)(C)Oc2ccccc21.I. The van der Waals surface area contributed by atoms with Crippen molar-refractivity contribution in [2.45, 2.75) is 44.8 Å². The van der Waals surface area contributed by atoms with E-state index in [1.165, 1.54) is 18.4 Å². The van der Waals surface area contributed by atoms with Gasteiger partial charge < -0.3 is 25.0 Å². The van der Waals surface area contributed by atoms with Crippen LogP contribution in [0.1, 0.15) is 44.7 Å². The average Bonchev–Trinajstić information content (AvgIpc) is 2.69. The van der Waals surface area contributed by atoms with Gasteiger partial charge in [0, 0.05) is 39.2 Å². The van der Waals surface area contributed by atoms with Crippen LogP contribution < -0.4 is 15.4 Å². The van der Waals surface area contributed by atoms with Gasteiger partial charge in [0.15, 0.2) is 5.96 Å². The van der Waals surface area contributed by atoms with E-state index in [0.29, 0.717) is 5.92 Å². The molecule has 0 amide bonds. The molecule has 1 atom stereocenters. The number of aliphatic imine (C=N–C) groups is 1. The number of guanidine groups is 1. The van der Waals surface area contributed by atoms with Gasteiger partial charge in [0.2, 0.25) is 0 Å². The molecule has 1 unspecified atom stereocenters. The Labute approximate surface area is 192 Å². The molecular formula is C22H37IN4O2. The molecule has 29 heavy (non-hydrogen) atoms. The first-order valence-corrected chi connectivity index (χ1v) is 10.5. The highest BCUT2D eigenvalue weighted by Crippen LogP contribution is 2.39. The van der Waals surface area contributed by atoms with Gasteiger partial charge in [-0.25, -0.2) is 0 Å². The smallest absolute Gasteiger partial charge is 0.191 e. The van der Waals surface area contributed by atoms with Crippen LogP contribution in [0, 0.1) is 5.92 Å². The number of fused-ring (bicyclic) bond motifs is 1. The minimum Gasteiger partial charge on any atom is -0.487 e. The zero-order valence-electron chi connectivity index (χ0n) is 18.2. The summed E-state index contributed by atoms with van der Waals surface area (Å²) in [6, 6.07) is 8.50. The van der Waals surface area contributed by atoms with Crippen LogP contribution in [-0.2, 0) is 4.74 Å². The number of methoxy groups -OCH3 is 1. The number of hydrogen-bond acceptors (Lipinski definition) is 4. The van der Waals surface area contributed by atoms with E-state index in [9.17, 15) is 0 Å². The van der Waals surface area contributed by atoms with Crippen molar-refractivity contribution in [3.05, 3.63) is 29.8 Å². The lowest BCUT2D eigenvalue weighted by atomic mass is 9.90. The van der Waals surface area contributed by atoms with E-state index in [1.54, 1.807) is 7.11 Å². The number of nitrogens with zero attached hydrogens (tertiary/aromatic N) is 2. The number of ether oxygens (including phenoxy) is 2. The van der Waals surface area contributed by atoms with Crippen molar-refractivity contribution in [1.82, 2.24) is 15.5 Å². The number of halogens is 1. The van der Waals surface area contributed by atoms with Crippen LogP contribution >= 0.6 is 24.0 Å². The van der Waals surface area contributed by atoms with Crippen LogP contribution in [-0.4, -0.2) is 63.4 Å². The van der Waals surface area contributed by atoms with Crippen LogP contribution in [0.2, 0.25) is 0 Å². The zero-order valence-corrected chi connectivity index (χ0v) is 20.6. The van der Waals surface area contributed by atoms with Crippen LogP contribution in [0.4, 0.5) is 0 Å². The Morgan fingerprint density at radius 1 is 1.28 bits per heavy atom. The molecule has 2 aliphatic rings. The Bertz CT molecular complexity index is 660. The lowest BCUT2D eigenvalue weighted by Gasteiger charge is -2.38. The van der Waals surface area contributed by atoms with Crippen molar-refractivity contribution in [2.75, 3.05) is 46.9 Å². The number of para-hydroxylation sites is 1. The second-order valence-electron chi connectivity index (χ2n) is 8.53. The van der Waals surface area contributed by atoms with E-state index in [4.69, 9.17) is 9.47 Å². The largest absolute Gasteiger partial charge is 0.487 e. The molecule has 0 radical (unpaired) electrons. The minimum absolute atomic E-state index is 0. The van der Waals surface area contributed by atoms with Gasteiger partial charge in [-0.15, -0.1) is 24.0 Å². The molecule has 0 spiro atoms. The van der Waals surface area contributed by atoms with E-state index >= 15 is 0 Å². The molecule has 2 heterocycles. The third-order valence-electron chi connectivity index (χ3n) is 5.79. The highest BCUT2D eigenvalue weighted by atomic mass is 127. The third kappa shape index (κ3) is 7.00. The average molecular weight is 516 g/mol. The quantitative estimate of drug-likeness (QED) is 0.345. The lowest BCUT2D eigenvalue weighted by Crippen LogP contribution is -2.47. The van der Waals surface area contributed by atoms with Gasteiger partial charge in [0.25, 0.3) is 0 Å². The Morgan fingerprint density at radius 2 is 2.00 bits per heavy atom. The molecule has 2 aliphatic heterocycles. The van der Waals surface area contributed by atoms with Gasteiger partial charge in [-0.05, 0) is 51.8 Å². The van der Waals surface area contributed by atoms with Gasteiger partial charge in [0.05, 0.1) is 12.6 Å². The summed E-state index contributed by atoms with van der Waals surface area (Å²) in [6.07, 6.45) is 3.35. The number of rotatable bonds is 6. The molecule has 7 heteroatoms. The molecule has 3 rings (SSSR count). The molecule has 0 aliphatic carbocycles. The van der Waals surface area contributed by atoms with Gasteiger partial charge in [-0.3, -0.25) is 4.99 Å². The third-order valence-corrected chi connectivity index (χ3v) is 5.79. The number of nitrogens with one attached hydrogen (secondary N) is 2. The van der Waals surface area contributed by atoms with Crippen molar-refractivity contribution in [3.8, 4) is 5.75 Å². The Balaban J connectivity index is 0.00000300. The van der Waals surface area contributed by atoms with Crippen LogP contribution in [0.3, 0.4) is 0 Å². The lowest BCUT2D eigenvalue weighted by molar-refractivity contribution is 0.0693. The summed E-state index contributed by atoms with van der Waals surface area (Å²) in [4.78, 5) is 6.96. The van der Waals surface area contributed by atoms with Crippen molar-refractivity contribution in [3.63, 3.8) is 0 Å². The first-order valence-electron chi connectivity index (χ1n) is 10.5. The second-order valence-corrected chi connectivity index (χ2v) is 8.53. The van der Waals surface area contributed by atoms with Crippen molar-refractivity contribution in [2.24, 2.45) is 10.9 Å². The molecule has 0 aromatic heterocycles. The van der Waals surface area contributed by atoms with Crippen LogP contribution in [0.25, 0.3) is 0 Å². The van der Waals surface area contributed by atoms with Crippen molar-refractivity contribution in [1.29, 1.82) is 0 Å². The molecule has 1 aromatic rings. The van der Waals surface area contributed by atoms with Crippen LogP contribution in [0.5, 0.6) is 5.75 Å². The van der Waals surface area contributed by atoms with Gasteiger partial charge in [-0.2, -0.15) is 0 Å². The molecule has 0 bridgehead atoms. The molecular weight excluding hydrogens is 479 g/mol.